The van der Waals surface area contributed by atoms with Crippen molar-refractivity contribution in [2.75, 3.05) is 0 Å². The van der Waals surface area contributed by atoms with E-state index in [1.165, 1.54) is 6.08 Å². The highest BCUT2D eigenvalue weighted by Gasteiger charge is 2.30. The maximum absolute atomic E-state index is 10.4. The van der Waals surface area contributed by atoms with Crippen LogP contribution in [0.1, 0.15) is 6.42 Å². The van der Waals surface area contributed by atoms with Crippen LogP contribution in [-0.4, -0.2) is 23.3 Å². The third-order valence-corrected chi connectivity index (χ3v) is 1.26. The van der Waals surface area contributed by atoms with Gasteiger partial charge in [-0.3, -0.25) is 0 Å². The fourth-order valence-corrected chi connectivity index (χ4v) is 0.736. The largest absolute Gasteiger partial charge is 0.456 e. The van der Waals surface area contributed by atoms with Gasteiger partial charge in [0.15, 0.2) is 6.10 Å². The van der Waals surface area contributed by atoms with E-state index in [0.717, 1.165) is 0 Å². The molecule has 9 heavy (non-hydrogen) atoms. The molecule has 1 N–H and O–H groups in total. The quantitative estimate of drug-likeness (QED) is 0.394. The molecule has 0 amide bonds. The summed E-state index contributed by atoms with van der Waals surface area (Å²) < 4.78 is 4.62. The lowest BCUT2D eigenvalue weighted by Crippen LogP contribution is -2.11. The number of carbonyl (C=O) groups is 1. The highest BCUT2D eigenvalue weighted by molar-refractivity contribution is 5.76. The van der Waals surface area contributed by atoms with Crippen LogP contribution in [0.15, 0.2) is 12.7 Å². The van der Waals surface area contributed by atoms with E-state index in [9.17, 15) is 4.79 Å². The topological polar surface area (TPSA) is 46.5 Å². The lowest BCUT2D eigenvalue weighted by atomic mass is 10.2. The van der Waals surface area contributed by atoms with E-state index >= 15 is 0 Å². The summed E-state index contributed by atoms with van der Waals surface area (Å²) in [5.41, 5.74) is 0. The molecule has 0 aliphatic carbocycles. The molecule has 50 valence electrons. The molecule has 0 aromatic heterocycles. The molecule has 1 heterocycles. The molecule has 2 atom stereocenters. The van der Waals surface area contributed by atoms with Crippen molar-refractivity contribution in [3.8, 4) is 0 Å². The Morgan fingerprint density at radius 1 is 1.89 bits per heavy atom. The Labute approximate surface area is 52.9 Å². The van der Waals surface area contributed by atoms with Gasteiger partial charge in [0.25, 0.3) is 0 Å². The molecular weight excluding hydrogens is 120 g/mol. The van der Waals surface area contributed by atoms with Crippen LogP contribution in [0.3, 0.4) is 0 Å². The monoisotopic (exact) mass is 128 g/mol. The number of rotatable bonds is 1. The number of aliphatic hydroxyl groups is 1. The van der Waals surface area contributed by atoms with Crippen LogP contribution in [-0.2, 0) is 9.53 Å². The molecule has 1 fully saturated rings. The fourth-order valence-electron chi connectivity index (χ4n) is 0.736. The minimum atomic E-state index is -0.937. The van der Waals surface area contributed by atoms with Gasteiger partial charge >= 0.3 is 5.97 Å². The first-order valence-electron chi connectivity index (χ1n) is 2.75. The smallest absolute Gasteiger partial charge is 0.335 e. The van der Waals surface area contributed by atoms with Crippen molar-refractivity contribution in [2.45, 2.75) is 18.6 Å². The summed E-state index contributed by atoms with van der Waals surface area (Å²) in [5, 5.41) is 8.78. The lowest BCUT2D eigenvalue weighted by Gasteiger charge is -1.97. The molecular formula is C6H8O3. The van der Waals surface area contributed by atoms with Gasteiger partial charge in [-0.15, -0.1) is 0 Å². The van der Waals surface area contributed by atoms with E-state index in [2.05, 4.69) is 11.3 Å². The van der Waals surface area contributed by atoms with Crippen molar-refractivity contribution in [1.29, 1.82) is 0 Å². The van der Waals surface area contributed by atoms with Crippen LogP contribution in [0.2, 0.25) is 0 Å². The first kappa shape index (κ1) is 6.29. The zero-order valence-electron chi connectivity index (χ0n) is 4.91. The predicted molar refractivity (Wildman–Crippen MR) is 30.7 cm³/mol. The van der Waals surface area contributed by atoms with E-state index in [0.29, 0.717) is 6.42 Å². The highest BCUT2D eigenvalue weighted by atomic mass is 16.6. The van der Waals surface area contributed by atoms with Gasteiger partial charge in [-0.05, 0) is 0 Å². The molecule has 3 heteroatoms. The van der Waals surface area contributed by atoms with Crippen molar-refractivity contribution >= 4 is 5.97 Å². The predicted octanol–water partition coefficient (Wildman–Crippen LogP) is -0.151. The Bertz CT molecular complexity index is 141. The van der Waals surface area contributed by atoms with Crippen molar-refractivity contribution in [1.82, 2.24) is 0 Å². The van der Waals surface area contributed by atoms with E-state index in [4.69, 9.17) is 5.11 Å². The number of cyclic esters (lactones) is 1. The second-order valence-electron chi connectivity index (χ2n) is 1.96. The van der Waals surface area contributed by atoms with Crippen LogP contribution in [0, 0.1) is 0 Å². The molecule has 0 saturated carbocycles. The molecule has 0 spiro atoms. The van der Waals surface area contributed by atoms with Crippen LogP contribution in [0.4, 0.5) is 0 Å². The van der Waals surface area contributed by atoms with E-state index < -0.39 is 12.1 Å². The summed E-state index contributed by atoms with van der Waals surface area (Å²) >= 11 is 0. The Morgan fingerprint density at radius 2 is 2.56 bits per heavy atom. The van der Waals surface area contributed by atoms with Crippen molar-refractivity contribution < 1.29 is 14.6 Å². The third-order valence-electron chi connectivity index (χ3n) is 1.26. The van der Waals surface area contributed by atoms with Gasteiger partial charge in [0.1, 0.15) is 6.10 Å². The Kier molecular flexibility index (Phi) is 1.53. The van der Waals surface area contributed by atoms with Gasteiger partial charge in [0, 0.05) is 6.42 Å². The average Bonchev–Trinajstić information content (AvgIpc) is 2.13. The van der Waals surface area contributed by atoms with Gasteiger partial charge in [-0.2, -0.15) is 0 Å². The molecule has 0 radical (unpaired) electrons. The molecule has 1 aliphatic rings. The molecule has 0 unspecified atom stereocenters. The maximum Gasteiger partial charge on any atom is 0.335 e. The first-order valence-corrected chi connectivity index (χ1v) is 2.75. The summed E-state index contributed by atoms with van der Waals surface area (Å²) in [7, 11) is 0. The summed E-state index contributed by atoms with van der Waals surface area (Å²) in [4.78, 5) is 10.4. The van der Waals surface area contributed by atoms with Crippen LogP contribution < -0.4 is 0 Å². The second-order valence-corrected chi connectivity index (χ2v) is 1.96. The van der Waals surface area contributed by atoms with Gasteiger partial charge in [0.2, 0.25) is 0 Å². The lowest BCUT2D eigenvalue weighted by molar-refractivity contribution is -0.146. The maximum atomic E-state index is 10.4. The minimum absolute atomic E-state index is 0.285. The van der Waals surface area contributed by atoms with Crippen LogP contribution in [0.5, 0.6) is 0 Å². The SMILES string of the molecule is C=C[C@@H]1C[C@H](O)C(=O)O1. The van der Waals surface area contributed by atoms with Gasteiger partial charge in [0.05, 0.1) is 0 Å². The number of esters is 1. The van der Waals surface area contributed by atoms with E-state index in [1.807, 2.05) is 0 Å². The van der Waals surface area contributed by atoms with Crippen LogP contribution >= 0.6 is 0 Å². The van der Waals surface area contributed by atoms with E-state index in [-0.39, 0.29) is 6.10 Å². The number of hydrogen-bond donors (Lipinski definition) is 1. The summed E-state index contributed by atoms with van der Waals surface area (Å²) in [5.74, 6) is -0.542. The molecule has 3 nitrogen and oxygen atoms in total. The molecule has 1 saturated heterocycles. The zero-order valence-corrected chi connectivity index (χ0v) is 4.91. The van der Waals surface area contributed by atoms with Crippen molar-refractivity contribution in [3.63, 3.8) is 0 Å². The number of ether oxygens (including phenoxy) is 1. The standard InChI is InChI=1S/C6H8O3/c1-2-4-3-5(7)6(8)9-4/h2,4-5,7H,1,3H2/t4-,5+/m1/s1. The third kappa shape index (κ3) is 1.10. The number of aliphatic hydroxyl groups excluding tert-OH is 1. The zero-order chi connectivity index (χ0) is 6.85. The normalized spacial score (nSPS) is 34.1. The molecule has 0 aromatic carbocycles. The Morgan fingerprint density at radius 3 is 2.78 bits per heavy atom. The second kappa shape index (κ2) is 2.19. The summed E-state index contributed by atoms with van der Waals surface area (Å²) in [6.07, 6.45) is 0.636. The molecule has 0 aromatic rings. The number of hydrogen-bond acceptors (Lipinski definition) is 3. The highest BCUT2D eigenvalue weighted by Crippen LogP contribution is 2.14. The number of carbonyl (C=O) groups excluding carboxylic acids is 1. The minimum Gasteiger partial charge on any atom is -0.456 e. The Balaban J connectivity index is 2.53. The fraction of sp³-hybridized carbons (Fsp3) is 0.500. The van der Waals surface area contributed by atoms with Gasteiger partial charge in [-0.25, -0.2) is 4.79 Å². The summed E-state index contributed by atoms with van der Waals surface area (Å²) in [6, 6.07) is 0. The average molecular weight is 128 g/mol. The molecule has 1 aliphatic heterocycles. The van der Waals surface area contributed by atoms with Gasteiger partial charge < -0.3 is 9.84 Å². The van der Waals surface area contributed by atoms with Crippen LogP contribution in [0.25, 0.3) is 0 Å². The Hall–Kier alpha value is -0.830. The van der Waals surface area contributed by atoms with Crippen molar-refractivity contribution in [3.05, 3.63) is 12.7 Å². The van der Waals surface area contributed by atoms with E-state index in [1.54, 1.807) is 0 Å². The molecule has 1 rings (SSSR count). The molecule has 0 bridgehead atoms. The summed E-state index contributed by atoms with van der Waals surface area (Å²) in [6.45, 7) is 3.42. The van der Waals surface area contributed by atoms with Crippen molar-refractivity contribution in [2.24, 2.45) is 0 Å². The first-order chi connectivity index (χ1) is 4.24. The van der Waals surface area contributed by atoms with Gasteiger partial charge in [-0.1, -0.05) is 12.7 Å².